The Labute approximate surface area is 173 Å². The van der Waals surface area contributed by atoms with Crippen LogP contribution in [0.1, 0.15) is 23.5 Å². The van der Waals surface area contributed by atoms with Crippen molar-refractivity contribution in [1.29, 1.82) is 0 Å². The van der Waals surface area contributed by atoms with E-state index in [1.54, 1.807) is 36.4 Å². The van der Waals surface area contributed by atoms with E-state index in [0.29, 0.717) is 23.7 Å². The molecular weight excluding hydrogens is 389 g/mol. The van der Waals surface area contributed by atoms with Gasteiger partial charge in [-0.2, -0.15) is 5.10 Å². The average molecular weight is 408 g/mol. The van der Waals surface area contributed by atoms with Crippen molar-refractivity contribution >= 4 is 29.0 Å². The van der Waals surface area contributed by atoms with E-state index in [1.807, 2.05) is 30.3 Å². The Bertz CT molecular complexity index is 1020. The molecule has 3 aromatic rings. The molecule has 1 atom stereocenters. The van der Waals surface area contributed by atoms with E-state index >= 15 is 0 Å². The maximum absolute atomic E-state index is 13.4. The second-order valence-corrected chi connectivity index (χ2v) is 7.24. The highest BCUT2D eigenvalue weighted by molar-refractivity contribution is 6.30. The van der Waals surface area contributed by atoms with Crippen LogP contribution in [0.4, 0.5) is 14.9 Å². The quantitative estimate of drug-likeness (QED) is 0.576. The molecule has 4 nitrogen and oxygen atoms in total. The maximum Gasteiger partial charge on any atom is 0.342 e. The van der Waals surface area contributed by atoms with Crippen molar-refractivity contribution in [3.8, 4) is 0 Å². The molecule has 1 aliphatic heterocycles. The summed E-state index contributed by atoms with van der Waals surface area (Å²) in [5.74, 6) is -0.278. The largest absolute Gasteiger partial charge is 0.342 e. The number of hydrogen-bond acceptors (Lipinski definition) is 2. The Morgan fingerprint density at radius 2 is 1.69 bits per heavy atom. The predicted octanol–water partition coefficient (Wildman–Crippen LogP) is 5.90. The summed E-state index contributed by atoms with van der Waals surface area (Å²) in [4.78, 5) is 12.7. The Kier molecular flexibility index (Phi) is 5.58. The summed E-state index contributed by atoms with van der Waals surface area (Å²) >= 11 is 5.90. The summed E-state index contributed by atoms with van der Waals surface area (Å²) in [5, 5.41) is 9.50. The summed E-state index contributed by atoms with van der Waals surface area (Å²) in [6, 6.07) is 22.8. The van der Waals surface area contributed by atoms with E-state index in [1.165, 1.54) is 17.1 Å². The highest BCUT2D eigenvalue weighted by atomic mass is 35.5. The second kappa shape index (κ2) is 8.45. The van der Waals surface area contributed by atoms with Gasteiger partial charge in [0, 0.05) is 23.2 Å². The predicted molar refractivity (Wildman–Crippen MR) is 114 cm³/mol. The number of benzene rings is 3. The van der Waals surface area contributed by atoms with Gasteiger partial charge in [0.05, 0.1) is 5.71 Å². The van der Waals surface area contributed by atoms with Crippen LogP contribution < -0.4 is 5.32 Å². The van der Waals surface area contributed by atoms with Gasteiger partial charge in [-0.15, -0.1) is 0 Å². The van der Waals surface area contributed by atoms with E-state index < -0.39 is 0 Å². The van der Waals surface area contributed by atoms with Crippen molar-refractivity contribution in [3.63, 3.8) is 0 Å². The summed E-state index contributed by atoms with van der Waals surface area (Å²) in [6.45, 7) is 0.476. The molecule has 0 saturated carbocycles. The van der Waals surface area contributed by atoms with E-state index in [2.05, 4.69) is 10.4 Å². The average Bonchev–Trinajstić information content (AvgIpc) is 2.76. The zero-order chi connectivity index (χ0) is 20.2. The Balaban J connectivity index is 1.64. The number of amides is 2. The summed E-state index contributed by atoms with van der Waals surface area (Å²) in [6.07, 6.45) is 0.717. The third-order valence-corrected chi connectivity index (χ3v) is 5.11. The molecule has 0 aromatic heterocycles. The Hall–Kier alpha value is -3.18. The molecule has 2 amide bonds. The third-order valence-electron chi connectivity index (χ3n) is 4.86. The first-order valence-electron chi connectivity index (χ1n) is 9.33. The van der Waals surface area contributed by atoms with E-state index in [4.69, 9.17) is 11.6 Å². The number of nitrogens with zero attached hydrogens (tertiary/aromatic N) is 2. The van der Waals surface area contributed by atoms with Crippen molar-refractivity contribution < 1.29 is 9.18 Å². The molecule has 0 bridgehead atoms. The number of nitrogens with one attached hydrogen (secondary N) is 1. The third kappa shape index (κ3) is 4.46. The van der Waals surface area contributed by atoms with Crippen LogP contribution in [-0.2, 0) is 0 Å². The molecule has 1 heterocycles. The zero-order valence-corrected chi connectivity index (χ0v) is 16.3. The lowest BCUT2D eigenvalue weighted by Gasteiger charge is -2.30. The second-order valence-electron chi connectivity index (χ2n) is 6.80. The van der Waals surface area contributed by atoms with E-state index in [-0.39, 0.29) is 17.8 Å². The van der Waals surface area contributed by atoms with Crippen molar-refractivity contribution in [2.24, 2.45) is 5.10 Å². The van der Waals surface area contributed by atoms with Crippen LogP contribution >= 0.6 is 11.6 Å². The minimum atomic E-state index is -0.321. The normalized spacial score (nSPS) is 16.3. The van der Waals surface area contributed by atoms with Gasteiger partial charge in [0.15, 0.2) is 0 Å². The molecule has 1 aliphatic rings. The van der Waals surface area contributed by atoms with Gasteiger partial charge < -0.3 is 5.32 Å². The van der Waals surface area contributed by atoms with Crippen molar-refractivity contribution in [1.82, 2.24) is 5.01 Å². The maximum atomic E-state index is 13.4. The molecule has 0 spiro atoms. The van der Waals surface area contributed by atoms with Gasteiger partial charge in [0.25, 0.3) is 0 Å². The van der Waals surface area contributed by atoms with E-state index in [0.717, 1.165) is 16.8 Å². The fourth-order valence-electron chi connectivity index (χ4n) is 3.40. The summed E-state index contributed by atoms with van der Waals surface area (Å²) in [5.41, 5.74) is 3.30. The number of halogens is 2. The Morgan fingerprint density at radius 1 is 1.00 bits per heavy atom. The van der Waals surface area contributed by atoms with Crippen molar-refractivity contribution in [2.45, 2.75) is 12.3 Å². The van der Waals surface area contributed by atoms with Crippen LogP contribution in [0.15, 0.2) is 84.0 Å². The minimum absolute atomic E-state index is 0.0289. The SMILES string of the molecule is O=C(Nc1ccc(Cl)cc1)N1CCC(c2ccccc2)C(c2ccc(F)cc2)=N1. The molecule has 6 heteroatoms. The molecule has 4 rings (SSSR count). The molecule has 0 aliphatic carbocycles. The lowest BCUT2D eigenvalue weighted by molar-refractivity contribution is 0.210. The van der Waals surface area contributed by atoms with Gasteiger partial charge in [-0.25, -0.2) is 14.2 Å². The van der Waals surface area contributed by atoms with Gasteiger partial charge in [0.1, 0.15) is 5.82 Å². The molecule has 3 aromatic carbocycles. The number of rotatable bonds is 3. The Morgan fingerprint density at radius 3 is 2.38 bits per heavy atom. The number of urea groups is 1. The van der Waals surface area contributed by atoms with Gasteiger partial charge >= 0.3 is 6.03 Å². The van der Waals surface area contributed by atoms with Crippen LogP contribution in [-0.4, -0.2) is 23.3 Å². The lowest BCUT2D eigenvalue weighted by atomic mass is 9.86. The first-order valence-corrected chi connectivity index (χ1v) is 9.71. The van der Waals surface area contributed by atoms with Crippen LogP contribution in [0.2, 0.25) is 5.02 Å². The first kappa shape index (κ1) is 19.2. The van der Waals surface area contributed by atoms with Gasteiger partial charge in [-0.3, -0.25) is 0 Å². The van der Waals surface area contributed by atoms with Crippen LogP contribution in [0.5, 0.6) is 0 Å². The number of carbonyl (C=O) groups excluding carboxylic acids is 1. The van der Waals surface area contributed by atoms with Gasteiger partial charge in [0.2, 0.25) is 0 Å². The topological polar surface area (TPSA) is 44.7 Å². The van der Waals surface area contributed by atoms with Crippen molar-refractivity contribution in [3.05, 3.63) is 101 Å². The standard InChI is InChI=1S/C23H19ClFN3O/c24-18-8-12-20(13-9-18)26-23(29)28-15-14-21(16-4-2-1-3-5-16)22(27-28)17-6-10-19(25)11-7-17/h1-13,21H,14-15H2,(H,26,29). The molecule has 1 unspecified atom stereocenters. The van der Waals surface area contributed by atoms with Crippen LogP contribution in [0.3, 0.4) is 0 Å². The molecule has 0 fully saturated rings. The van der Waals surface area contributed by atoms with Gasteiger partial charge in [-0.1, -0.05) is 54.1 Å². The smallest absolute Gasteiger partial charge is 0.306 e. The summed E-state index contributed by atoms with van der Waals surface area (Å²) in [7, 11) is 0. The fraction of sp³-hybridized carbons (Fsp3) is 0.130. The number of carbonyl (C=O) groups is 1. The molecule has 29 heavy (non-hydrogen) atoms. The first-order chi connectivity index (χ1) is 14.1. The van der Waals surface area contributed by atoms with Crippen LogP contribution in [0, 0.1) is 5.82 Å². The fourth-order valence-corrected chi connectivity index (χ4v) is 3.52. The number of anilines is 1. The van der Waals surface area contributed by atoms with Crippen LogP contribution in [0.25, 0.3) is 0 Å². The highest BCUT2D eigenvalue weighted by Gasteiger charge is 2.28. The molecule has 146 valence electrons. The monoisotopic (exact) mass is 407 g/mol. The zero-order valence-electron chi connectivity index (χ0n) is 15.6. The molecule has 1 N–H and O–H groups in total. The molecule has 0 radical (unpaired) electrons. The highest BCUT2D eigenvalue weighted by Crippen LogP contribution is 2.30. The van der Waals surface area contributed by atoms with E-state index in [9.17, 15) is 9.18 Å². The summed E-state index contributed by atoms with van der Waals surface area (Å²) < 4.78 is 13.4. The number of hydrazone groups is 1. The lowest BCUT2D eigenvalue weighted by Crippen LogP contribution is -2.38. The molecular formula is C23H19ClFN3O. The minimum Gasteiger partial charge on any atom is -0.306 e. The number of hydrogen-bond donors (Lipinski definition) is 1. The van der Waals surface area contributed by atoms with Gasteiger partial charge in [-0.05, 0) is 53.9 Å². The van der Waals surface area contributed by atoms with Crippen molar-refractivity contribution in [2.75, 3.05) is 11.9 Å². The molecule has 0 saturated heterocycles.